The van der Waals surface area contributed by atoms with Crippen LogP contribution in [-0.4, -0.2) is 35.5 Å². The molecule has 1 aliphatic rings. The van der Waals surface area contributed by atoms with Crippen molar-refractivity contribution in [3.63, 3.8) is 0 Å². The van der Waals surface area contributed by atoms with E-state index in [1.54, 1.807) is 0 Å². The molecule has 0 amide bonds. The maximum atomic E-state index is 5.74. The van der Waals surface area contributed by atoms with Gasteiger partial charge in [0.25, 0.3) is 0 Å². The largest absolute Gasteiger partial charge is 0.374 e. The number of alkyl halides is 1. The van der Waals surface area contributed by atoms with E-state index in [4.69, 9.17) is 4.74 Å². The van der Waals surface area contributed by atoms with Gasteiger partial charge in [0.1, 0.15) is 0 Å². The molecule has 94 valence electrons. The second-order valence-electron chi connectivity index (χ2n) is 4.88. The molecule has 1 saturated heterocycles. The SMILES string of the molecule is Cc1cccc(CN2CC(CBr)OCC2C)c1. The average Bonchev–Trinajstić information content (AvgIpc) is 2.32. The van der Waals surface area contributed by atoms with Crippen LogP contribution in [0.15, 0.2) is 24.3 Å². The Hall–Kier alpha value is -0.380. The summed E-state index contributed by atoms with van der Waals surface area (Å²) < 4.78 is 5.74. The minimum Gasteiger partial charge on any atom is -0.374 e. The highest BCUT2D eigenvalue weighted by atomic mass is 79.9. The molecule has 1 heterocycles. The van der Waals surface area contributed by atoms with E-state index in [9.17, 15) is 0 Å². The van der Waals surface area contributed by atoms with Crippen molar-refractivity contribution >= 4 is 15.9 Å². The smallest absolute Gasteiger partial charge is 0.0799 e. The molecule has 3 heteroatoms. The minimum atomic E-state index is 0.330. The van der Waals surface area contributed by atoms with E-state index in [1.807, 2.05) is 0 Å². The monoisotopic (exact) mass is 297 g/mol. The van der Waals surface area contributed by atoms with E-state index in [0.29, 0.717) is 12.1 Å². The third-order valence-corrected chi connectivity index (χ3v) is 4.00. The normalized spacial score (nSPS) is 26.1. The molecule has 0 saturated carbocycles. The van der Waals surface area contributed by atoms with Crippen LogP contribution in [0.1, 0.15) is 18.1 Å². The first-order valence-corrected chi connectivity index (χ1v) is 7.28. The summed E-state index contributed by atoms with van der Waals surface area (Å²) in [6, 6.07) is 9.26. The first kappa shape index (κ1) is 13.1. The molecule has 1 aliphatic heterocycles. The van der Waals surface area contributed by atoms with Crippen molar-refractivity contribution in [3.05, 3.63) is 35.4 Å². The Morgan fingerprint density at radius 1 is 1.47 bits per heavy atom. The average molecular weight is 298 g/mol. The Morgan fingerprint density at radius 3 is 3.00 bits per heavy atom. The first-order valence-electron chi connectivity index (χ1n) is 6.16. The molecule has 2 atom stereocenters. The van der Waals surface area contributed by atoms with E-state index in [0.717, 1.165) is 25.0 Å². The van der Waals surface area contributed by atoms with Gasteiger partial charge in [-0.3, -0.25) is 4.90 Å². The Morgan fingerprint density at radius 2 is 2.29 bits per heavy atom. The van der Waals surface area contributed by atoms with Crippen LogP contribution >= 0.6 is 15.9 Å². The van der Waals surface area contributed by atoms with Gasteiger partial charge in [-0.15, -0.1) is 0 Å². The van der Waals surface area contributed by atoms with Gasteiger partial charge in [0, 0.05) is 24.5 Å². The lowest BCUT2D eigenvalue weighted by atomic mass is 10.1. The van der Waals surface area contributed by atoms with Crippen molar-refractivity contribution in [3.8, 4) is 0 Å². The standard InChI is InChI=1S/C14H20BrNO/c1-11-4-3-5-13(6-11)8-16-9-14(7-15)17-10-12(16)2/h3-6,12,14H,7-10H2,1-2H3. The predicted molar refractivity (Wildman–Crippen MR) is 74.6 cm³/mol. The van der Waals surface area contributed by atoms with Crippen LogP contribution in [-0.2, 0) is 11.3 Å². The van der Waals surface area contributed by atoms with Crippen molar-refractivity contribution < 1.29 is 4.74 Å². The third kappa shape index (κ3) is 3.54. The van der Waals surface area contributed by atoms with E-state index >= 15 is 0 Å². The van der Waals surface area contributed by atoms with Crippen LogP contribution in [0.3, 0.4) is 0 Å². The number of morpholine rings is 1. The molecule has 2 nitrogen and oxygen atoms in total. The molecular formula is C14H20BrNO. The highest BCUT2D eigenvalue weighted by molar-refractivity contribution is 9.09. The zero-order valence-corrected chi connectivity index (χ0v) is 12.1. The number of hydrogen-bond acceptors (Lipinski definition) is 2. The zero-order chi connectivity index (χ0) is 12.3. The molecule has 0 spiro atoms. The summed E-state index contributed by atoms with van der Waals surface area (Å²) in [6.07, 6.45) is 0.330. The summed E-state index contributed by atoms with van der Waals surface area (Å²) in [4.78, 5) is 2.50. The van der Waals surface area contributed by atoms with Crippen LogP contribution < -0.4 is 0 Å². The quantitative estimate of drug-likeness (QED) is 0.796. The number of rotatable bonds is 3. The van der Waals surface area contributed by atoms with Crippen molar-refractivity contribution in [2.75, 3.05) is 18.5 Å². The molecule has 2 unspecified atom stereocenters. The van der Waals surface area contributed by atoms with Crippen molar-refractivity contribution in [2.45, 2.75) is 32.5 Å². The van der Waals surface area contributed by atoms with Crippen LogP contribution in [0, 0.1) is 6.92 Å². The van der Waals surface area contributed by atoms with Crippen LogP contribution in [0.5, 0.6) is 0 Å². The summed E-state index contributed by atoms with van der Waals surface area (Å²) in [5, 5.41) is 0.921. The number of benzene rings is 1. The van der Waals surface area contributed by atoms with Gasteiger partial charge < -0.3 is 4.74 Å². The summed E-state index contributed by atoms with van der Waals surface area (Å²) in [5.41, 5.74) is 2.73. The van der Waals surface area contributed by atoms with Gasteiger partial charge >= 0.3 is 0 Å². The summed E-state index contributed by atoms with van der Waals surface area (Å²) >= 11 is 3.50. The molecule has 17 heavy (non-hydrogen) atoms. The summed E-state index contributed by atoms with van der Waals surface area (Å²) in [7, 11) is 0. The van der Waals surface area contributed by atoms with E-state index in [2.05, 4.69) is 58.9 Å². The molecule has 0 radical (unpaired) electrons. The van der Waals surface area contributed by atoms with Gasteiger partial charge in [-0.25, -0.2) is 0 Å². The number of hydrogen-bond donors (Lipinski definition) is 0. The molecule has 2 rings (SSSR count). The second kappa shape index (κ2) is 5.98. The van der Waals surface area contributed by atoms with E-state index in [1.165, 1.54) is 11.1 Å². The van der Waals surface area contributed by atoms with Crippen molar-refractivity contribution in [2.24, 2.45) is 0 Å². The molecule has 1 aromatic carbocycles. The molecule has 0 aromatic heterocycles. The van der Waals surface area contributed by atoms with Gasteiger partial charge in [-0.1, -0.05) is 45.8 Å². The number of aryl methyl sites for hydroxylation is 1. The van der Waals surface area contributed by atoms with Crippen molar-refractivity contribution in [1.82, 2.24) is 4.90 Å². The Labute approximate surface area is 112 Å². The van der Waals surface area contributed by atoms with Crippen LogP contribution in [0.25, 0.3) is 0 Å². The lowest BCUT2D eigenvalue weighted by Crippen LogP contribution is -2.48. The lowest BCUT2D eigenvalue weighted by Gasteiger charge is -2.37. The molecule has 0 N–H and O–H groups in total. The summed E-state index contributed by atoms with van der Waals surface area (Å²) in [6.45, 7) is 7.26. The van der Waals surface area contributed by atoms with Gasteiger partial charge in [-0.2, -0.15) is 0 Å². The Kier molecular flexibility index (Phi) is 4.60. The van der Waals surface area contributed by atoms with E-state index in [-0.39, 0.29) is 0 Å². The van der Waals surface area contributed by atoms with Crippen molar-refractivity contribution in [1.29, 1.82) is 0 Å². The predicted octanol–water partition coefficient (Wildman–Crippen LogP) is 2.98. The van der Waals surface area contributed by atoms with Crippen LogP contribution in [0.2, 0.25) is 0 Å². The fourth-order valence-corrected chi connectivity index (χ4v) is 2.63. The van der Waals surface area contributed by atoms with Crippen LogP contribution in [0.4, 0.5) is 0 Å². The summed E-state index contributed by atoms with van der Waals surface area (Å²) in [5.74, 6) is 0. The van der Waals surface area contributed by atoms with Gasteiger partial charge in [-0.05, 0) is 19.4 Å². The molecular weight excluding hydrogens is 278 g/mol. The van der Waals surface area contributed by atoms with E-state index < -0.39 is 0 Å². The fourth-order valence-electron chi connectivity index (χ4n) is 2.23. The Bertz CT molecular complexity index is 369. The third-order valence-electron chi connectivity index (χ3n) is 3.27. The topological polar surface area (TPSA) is 12.5 Å². The Balaban J connectivity index is 2.01. The van der Waals surface area contributed by atoms with Gasteiger partial charge in [0.05, 0.1) is 12.7 Å². The maximum Gasteiger partial charge on any atom is 0.0799 e. The van der Waals surface area contributed by atoms with Gasteiger partial charge in [0.2, 0.25) is 0 Å². The fraction of sp³-hybridized carbons (Fsp3) is 0.571. The molecule has 0 aliphatic carbocycles. The second-order valence-corrected chi connectivity index (χ2v) is 5.52. The lowest BCUT2D eigenvalue weighted by molar-refractivity contribution is -0.0499. The molecule has 0 bridgehead atoms. The van der Waals surface area contributed by atoms with Gasteiger partial charge in [0.15, 0.2) is 0 Å². The number of ether oxygens (including phenoxy) is 1. The number of halogens is 1. The molecule has 1 aromatic rings. The number of nitrogens with zero attached hydrogens (tertiary/aromatic N) is 1. The maximum absolute atomic E-state index is 5.74. The molecule has 1 fully saturated rings. The first-order chi connectivity index (χ1) is 8.19. The highest BCUT2D eigenvalue weighted by Gasteiger charge is 2.25. The highest BCUT2D eigenvalue weighted by Crippen LogP contribution is 2.17. The minimum absolute atomic E-state index is 0.330. The zero-order valence-electron chi connectivity index (χ0n) is 10.5.